The van der Waals surface area contributed by atoms with Crippen LogP contribution in [-0.4, -0.2) is 28.7 Å². The molecule has 0 unspecified atom stereocenters. The van der Waals surface area contributed by atoms with Crippen molar-refractivity contribution in [1.29, 1.82) is 0 Å². The summed E-state index contributed by atoms with van der Waals surface area (Å²) in [7, 11) is 0. The Morgan fingerprint density at radius 1 is 1.12 bits per heavy atom. The van der Waals surface area contributed by atoms with Gasteiger partial charge in [-0.05, 0) is 39.5 Å². The molecule has 0 aromatic carbocycles. The Bertz CT molecular complexity index is 494. The average Bonchev–Trinajstić information content (AvgIpc) is 2.62. The highest BCUT2D eigenvalue weighted by molar-refractivity contribution is 8.14. The summed E-state index contributed by atoms with van der Waals surface area (Å²) in [5, 5.41) is 0.477. The minimum absolute atomic E-state index is 0.0749. The van der Waals surface area contributed by atoms with Gasteiger partial charge in [-0.15, -0.1) is 0 Å². The number of Topliss-reactive ketones (excluding diaryl/α,β-unsaturated/α-hetero) is 1. The molecule has 148 valence electrons. The molecule has 5 heteroatoms. The van der Waals surface area contributed by atoms with Crippen molar-refractivity contribution in [2.45, 2.75) is 90.2 Å². The maximum absolute atomic E-state index is 13.3. The van der Waals surface area contributed by atoms with Gasteiger partial charge in [-0.25, -0.2) is 4.79 Å². The Morgan fingerprint density at radius 3 is 2.38 bits per heavy atom. The van der Waals surface area contributed by atoms with E-state index in [1.54, 1.807) is 19.9 Å². The zero-order chi connectivity index (χ0) is 19.4. The zero-order valence-corrected chi connectivity index (χ0v) is 17.4. The lowest BCUT2D eigenvalue weighted by Gasteiger charge is -2.31. The molecule has 0 saturated heterocycles. The maximum atomic E-state index is 13.3. The third-order valence-corrected chi connectivity index (χ3v) is 6.38. The number of carbonyl (C=O) groups excluding carboxylic acids is 3. The second-order valence-corrected chi connectivity index (χ2v) is 8.49. The van der Waals surface area contributed by atoms with Crippen molar-refractivity contribution < 1.29 is 19.1 Å². The SMILES string of the molecule is CCCC[C@@](/C=C/C(=O)OCC)(CCC(C)=O)C(=O)SC1CCCCC1. The molecule has 1 atom stereocenters. The van der Waals surface area contributed by atoms with E-state index < -0.39 is 11.4 Å². The number of hydrogen-bond acceptors (Lipinski definition) is 5. The van der Waals surface area contributed by atoms with E-state index >= 15 is 0 Å². The van der Waals surface area contributed by atoms with Crippen molar-refractivity contribution in [1.82, 2.24) is 0 Å². The van der Waals surface area contributed by atoms with E-state index in [0.29, 0.717) is 31.1 Å². The lowest BCUT2D eigenvalue weighted by Crippen LogP contribution is -2.30. The molecule has 0 amide bonds. The maximum Gasteiger partial charge on any atom is 0.330 e. The minimum atomic E-state index is -0.753. The van der Waals surface area contributed by atoms with Crippen LogP contribution in [0.5, 0.6) is 0 Å². The van der Waals surface area contributed by atoms with Gasteiger partial charge in [0.1, 0.15) is 5.78 Å². The van der Waals surface area contributed by atoms with E-state index in [2.05, 4.69) is 6.92 Å². The van der Waals surface area contributed by atoms with E-state index in [9.17, 15) is 14.4 Å². The first-order valence-corrected chi connectivity index (χ1v) is 10.9. The second-order valence-electron chi connectivity index (χ2n) is 7.21. The first kappa shape index (κ1) is 22.9. The fourth-order valence-corrected chi connectivity index (χ4v) is 4.70. The highest BCUT2D eigenvalue weighted by atomic mass is 32.2. The molecule has 0 bridgehead atoms. The normalized spacial score (nSPS) is 17.8. The summed E-state index contributed by atoms with van der Waals surface area (Å²) < 4.78 is 4.99. The second kappa shape index (κ2) is 12.3. The number of rotatable bonds is 11. The van der Waals surface area contributed by atoms with Crippen LogP contribution in [0.25, 0.3) is 0 Å². The third-order valence-electron chi connectivity index (χ3n) is 4.96. The molecule has 26 heavy (non-hydrogen) atoms. The quantitative estimate of drug-likeness (QED) is 0.361. The van der Waals surface area contributed by atoms with Gasteiger partial charge in [0.2, 0.25) is 0 Å². The first-order valence-electron chi connectivity index (χ1n) is 10.00. The number of unbranched alkanes of at least 4 members (excludes halogenated alkanes) is 1. The molecule has 1 aliphatic carbocycles. The van der Waals surface area contributed by atoms with Crippen LogP contribution in [0.1, 0.15) is 85.0 Å². The predicted molar refractivity (Wildman–Crippen MR) is 107 cm³/mol. The lowest BCUT2D eigenvalue weighted by molar-refractivity contribution is -0.137. The van der Waals surface area contributed by atoms with Crippen molar-refractivity contribution in [3.63, 3.8) is 0 Å². The van der Waals surface area contributed by atoms with Gasteiger partial charge in [0, 0.05) is 17.7 Å². The molecular formula is C21H34O4S. The highest BCUT2D eigenvalue weighted by Crippen LogP contribution is 2.41. The number of carbonyl (C=O) groups is 3. The van der Waals surface area contributed by atoms with Crippen LogP contribution in [0.3, 0.4) is 0 Å². The van der Waals surface area contributed by atoms with Crippen LogP contribution in [0.2, 0.25) is 0 Å². The number of esters is 1. The lowest BCUT2D eigenvalue weighted by atomic mass is 9.79. The monoisotopic (exact) mass is 382 g/mol. The van der Waals surface area contributed by atoms with Crippen LogP contribution in [0, 0.1) is 5.41 Å². The Hall–Kier alpha value is -1.10. The van der Waals surface area contributed by atoms with Gasteiger partial charge < -0.3 is 9.53 Å². The van der Waals surface area contributed by atoms with E-state index in [4.69, 9.17) is 4.74 Å². The minimum Gasteiger partial charge on any atom is -0.463 e. The smallest absolute Gasteiger partial charge is 0.330 e. The van der Waals surface area contributed by atoms with Crippen molar-refractivity contribution in [2.75, 3.05) is 6.61 Å². The summed E-state index contributed by atoms with van der Waals surface area (Å²) >= 11 is 1.44. The van der Waals surface area contributed by atoms with Gasteiger partial charge in [0.25, 0.3) is 0 Å². The summed E-state index contributed by atoms with van der Waals surface area (Å²) in [6.45, 7) is 5.71. The van der Waals surface area contributed by atoms with Gasteiger partial charge in [-0.2, -0.15) is 0 Å². The van der Waals surface area contributed by atoms with Crippen LogP contribution in [0.4, 0.5) is 0 Å². The largest absolute Gasteiger partial charge is 0.463 e. The molecule has 4 nitrogen and oxygen atoms in total. The van der Waals surface area contributed by atoms with Crippen LogP contribution in [0.15, 0.2) is 12.2 Å². The van der Waals surface area contributed by atoms with Gasteiger partial charge in [-0.1, -0.05) is 56.9 Å². The number of ketones is 1. The summed E-state index contributed by atoms with van der Waals surface area (Å²) in [6, 6.07) is 0. The van der Waals surface area contributed by atoms with E-state index in [1.807, 2.05) is 0 Å². The fraction of sp³-hybridized carbons (Fsp3) is 0.762. The highest BCUT2D eigenvalue weighted by Gasteiger charge is 2.37. The first-order chi connectivity index (χ1) is 12.4. The zero-order valence-electron chi connectivity index (χ0n) is 16.6. The predicted octanol–water partition coefficient (Wildman–Crippen LogP) is 5.24. The number of hydrogen-bond donors (Lipinski definition) is 0. The van der Waals surface area contributed by atoms with Crippen molar-refractivity contribution >= 4 is 28.6 Å². The van der Waals surface area contributed by atoms with E-state index in [1.165, 1.54) is 37.1 Å². The molecule has 0 aromatic heterocycles. The van der Waals surface area contributed by atoms with Gasteiger partial charge in [0.05, 0.1) is 12.0 Å². The van der Waals surface area contributed by atoms with Gasteiger partial charge in [0.15, 0.2) is 5.12 Å². The summed E-state index contributed by atoms with van der Waals surface area (Å²) in [5.74, 6) is -0.350. The number of thioether (sulfide) groups is 1. The Labute approximate surface area is 162 Å². The molecule has 0 radical (unpaired) electrons. The van der Waals surface area contributed by atoms with Gasteiger partial charge in [-0.3, -0.25) is 4.79 Å². The van der Waals surface area contributed by atoms with E-state index in [-0.39, 0.29) is 10.9 Å². The van der Waals surface area contributed by atoms with E-state index in [0.717, 1.165) is 25.7 Å². The molecule has 1 rings (SSSR count). The molecule has 1 saturated carbocycles. The molecule has 1 fully saturated rings. The number of ether oxygens (including phenoxy) is 1. The Kier molecular flexibility index (Phi) is 10.9. The van der Waals surface area contributed by atoms with Crippen molar-refractivity contribution in [3.05, 3.63) is 12.2 Å². The molecule has 0 N–H and O–H groups in total. The fourth-order valence-electron chi connectivity index (χ4n) is 3.32. The third kappa shape index (κ3) is 8.07. The van der Waals surface area contributed by atoms with Crippen LogP contribution in [-0.2, 0) is 19.1 Å². The Balaban J connectivity index is 3.00. The van der Waals surface area contributed by atoms with Crippen LogP contribution >= 0.6 is 11.8 Å². The van der Waals surface area contributed by atoms with Crippen molar-refractivity contribution in [2.24, 2.45) is 5.41 Å². The molecule has 0 aromatic rings. The average molecular weight is 383 g/mol. The molecule has 0 spiro atoms. The summed E-state index contributed by atoms with van der Waals surface area (Å²) in [6.07, 6.45) is 12.2. The van der Waals surface area contributed by atoms with Crippen molar-refractivity contribution in [3.8, 4) is 0 Å². The van der Waals surface area contributed by atoms with Gasteiger partial charge >= 0.3 is 5.97 Å². The molecule has 0 heterocycles. The molecule has 1 aliphatic rings. The van der Waals surface area contributed by atoms with Crippen LogP contribution < -0.4 is 0 Å². The number of allylic oxidation sites excluding steroid dienone is 1. The molecule has 0 aliphatic heterocycles. The topological polar surface area (TPSA) is 60.4 Å². The summed E-state index contributed by atoms with van der Waals surface area (Å²) in [5.41, 5.74) is -0.753. The Morgan fingerprint density at radius 2 is 1.81 bits per heavy atom. The summed E-state index contributed by atoms with van der Waals surface area (Å²) in [4.78, 5) is 36.7. The standard InChI is InChI=1S/C21H34O4S/c1-4-6-14-21(15-12-17(3)22,16-13-19(23)25-5-2)20(24)26-18-10-8-7-9-11-18/h13,16,18H,4-12,14-15H2,1-3H3/b16-13+/t21-/m0/s1. The molecular weight excluding hydrogens is 348 g/mol.